The van der Waals surface area contributed by atoms with Gasteiger partial charge >= 0.3 is 35.8 Å². The fourth-order valence-corrected chi connectivity index (χ4v) is 7.16. The van der Waals surface area contributed by atoms with Gasteiger partial charge in [-0.05, 0) is 26.7 Å². The fraction of sp³-hybridized carbons (Fsp3) is 0.692. The van der Waals surface area contributed by atoms with Gasteiger partial charge in [0.1, 0.15) is 12.7 Å². The summed E-state index contributed by atoms with van der Waals surface area (Å²) >= 11 is 0. The maximum atomic E-state index is 14.7. The molecule has 2 aliphatic rings. The Kier molecular flexibility index (Phi) is 11.6. The van der Waals surface area contributed by atoms with E-state index in [1.54, 1.807) is 13.8 Å². The van der Waals surface area contributed by atoms with Crippen molar-refractivity contribution in [2.75, 3.05) is 20.8 Å². The summed E-state index contributed by atoms with van der Waals surface area (Å²) in [5.74, 6) is -6.55. The summed E-state index contributed by atoms with van der Waals surface area (Å²) in [5, 5.41) is 0. The van der Waals surface area contributed by atoms with Crippen molar-refractivity contribution in [2.24, 2.45) is 5.92 Å². The van der Waals surface area contributed by atoms with Gasteiger partial charge in [-0.25, -0.2) is 0 Å². The van der Waals surface area contributed by atoms with Crippen LogP contribution in [0.15, 0.2) is 11.1 Å². The van der Waals surface area contributed by atoms with Gasteiger partial charge < -0.3 is 33.2 Å². The Bertz CT molecular complexity index is 1130. The van der Waals surface area contributed by atoms with Gasteiger partial charge in [0, 0.05) is 27.7 Å². The van der Waals surface area contributed by atoms with Gasteiger partial charge in [-0.3, -0.25) is 33.0 Å². The molecule has 0 radical (unpaired) electrons. The Hall–Kier alpha value is -3.33. The Morgan fingerprint density at radius 2 is 1.34 bits per heavy atom. The number of hydrogen-bond donors (Lipinski definition) is 0. The van der Waals surface area contributed by atoms with Gasteiger partial charge in [-0.1, -0.05) is 11.1 Å². The van der Waals surface area contributed by atoms with E-state index in [4.69, 9.17) is 33.2 Å². The van der Waals surface area contributed by atoms with E-state index < -0.39 is 93.7 Å². The monoisotopic (exact) mass is 604 g/mol. The van der Waals surface area contributed by atoms with E-state index in [9.17, 15) is 33.0 Å². The van der Waals surface area contributed by atoms with Crippen LogP contribution in [0.4, 0.5) is 0 Å². The molecule has 0 saturated carbocycles. The number of carbonyl (C=O) groups excluding carboxylic acids is 6. The minimum Gasteiger partial charge on any atom is -0.469 e. The molecule has 0 amide bonds. The highest BCUT2D eigenvalue weighted by atomic mass is 32.2. The van der Waals surface area contributed by atoms with Gasteiger partial charge in [0.25, 0.3) is 0 Å². The Balaban J connectivity index is 2.82. The summed E-state index contributed by atoms with van der Waals surface area (Å²) in [6.45, 7) is 7.13. The third-order valence-corrected chi connectivity index (χ3v) is 8.98. The normalized spacial score (nSPS) is 30.3. The second kappa shape index (κ2) is 14.0. The first kappa shape index (κ1) is 33.9. The number of hydrogen-bond acceptors (Lipinski definition) is 14. The van der Waals surface area contributed by atoms with Crippen molar-refractivity contribution in [3.05, 3.63) is 11.1 Å². The maximum absolute atomic E-state index is 14.7. The Morgan fingerprint density at radius 1 is 0.805 bits per heavy atom. The zero-order chi connectivity index (χ0) is 31.2. The summed E-state index contributed by atoms with van der Waals surface area (Å²) in [7, 11) is -0.423. The summed E-state index contributed by atoms with van der Waals surface area (Å²) in [5.41, 5.74) is -0.360. The highest BCUT2D eigenvalue weighted by Crippen LogP contribution is 2.46. The van der Waals surface area contributed by atoms with Crippen LogP contribution in [0.1, 0.15) is 54.4 Å². The highest BCUT2D eigenvalue weighted by molar-refractivity contribution is 7.87. The number of esters is 6. The average Bonchev–Trinajstić information content (AvgIpc) is 2.88. The van der Waals surface area contributed by atoms with Crippen molar-refractivity contribution >= 4 is 46.6 Å². The summed E-state index contributed by atoms with van der Waals surface area (Å²) < 4.78 is 49.9. The number of allylic oxidation sites excluding steroid dienone is 2. The highest BCUT2D eigenvalue weighted by Gasteiger charge is 2.64. The van der Waals surface area contributed by atoms with E-state index in [0.717, 1.165) is 47.5 Å². The molecule has 1 saturated heterocycles. The Morgan fingerprint density at radius 3 is 1.83 bits per heavy atom. The third kappa shape index (κ3) is 7.50. The lowest BCUT2D eigenvalue weighted by Gasteiger charge is -2.47. The van der Waals surface area contributed by atoms with Crippen LogP contribution in [-0.4, -0.2) is 95.5 Å². The zero-order valence-electron chi connectivity index (χ0n) is 24.2. The van der Waals surface area contributed by atoms with Crippen molar-refractivity contribution in [3.63, 3.8) is 0 Å². The smallest absolute Gasteiger partial charge is 0.325 e. The van der Waals surface area contributed by atoms with E-state index >= 15 is 0 Å². The molecule has 15 heteroatoms. The van der Waals surface area contributed by atoms with Crippen LogP contribution in [0.5, 0.6) is 0 Å². The second-order valence-electron chi connectivity index (χ2n) is 9.76. The SMILES string of the molecule is COC(=O)[C@@H]1CC(C)=C(C)C[C@@]1(C(=O)OC)S(=O)[C@H]1O[C@H](COC(C)=O)[C@@H](OC(C)=O)[C@H](OC(C)=O)[C@H]1OC(C)=O. The van der Waals surface area contributed by atoms with E-state index in [1.165, 1.54) is 0 Å². The van der Waals surface area contributed by atoms with Crippen molar-refractivity contribution in [2.45, 2.75) is 89.0 Å². The molecule has 1 aliphatic heterocycles. The van der Waals surface area contributed by atoms with E-state index in [1.807, 2.05) is 0 Å². The van der Waals surface area contributed by atoms with Gasteiger partial charge in [-0.15, -0.1) is 0 Å². The van der Waals surface area contributed by atoms with Crippen molar-refractivity contribution in [3.8, 4) is 0 Å². The average molecular weight is 605 g/mol. The molecule has 0 spiro atoms. The number of ether oxygens (including phenoxy) is 7. The van der Waals surface area contributed by atoms with Crippen LogP contribution in [0.25, 0.3) is 0 Å². The van der Waals surface area contributed by atoms with E-state index in [0.29, 0.717) is 5.57 Å². The predicted molar refractivity (Wildman–Crippen MR) is 138 cm³/mol. The molecule has 1 unspecified atom stereocenters. The van der Waals surface area contributed by atoms with E-state index in [-0.39, 0.29) is 12.8 Å². The molecule has 230 valence electrons. The largest absolute Gasteiger partial charge is 0.469 e. The quantitative estimate of drug-likeness (QED) is 0.203. The summed E-state index contributed by atoms with van der Waals surface area (Å²) in [6.07, 6.45) is -6.44. The molecule has 0 aromatic carbocycles. The lowest BCUT2D eigenvalue weighted by Crippen LogP contribution is -2.67. The third-order valence-electron chi connectivity index (χ3n) is 6.86. The van der Waals surface area contributed by atoms with Gasteiger partial charge in [0.15, 0.2) is 28.5 Å². The van der Waals surface area contributed by atoms with Crippen molar-refractivity contribution in [1.82, 2.24) is 0 Å². The summed E-state index contributed by atoms with van der Waals surface area (Å²) in [4.78, 5) is 74.6. The lowest BCUT2D eigenvalue weighted by molar-refractivity contribution is -0.238. The molecular formula is C26H36O14S. The zero-order valence-corrected chi connectivity index (χ0v) is 25.0. The molecule has 8 atom stereocenters. The van der Waals surface area contributed by atoms with Gasteiger partial charge in [-0.2, -0.15) is 0 Å². The van der Waals surface area contributed by atoms with Crippen LogP contribution in [-0.2, 0) is 72.7 Å². The van der Waals surface area contributed by atoms with Crippen LogP contribution in [0.2, 0.25) is 0 Å². The minimum absolute atomic E-state index is 0.00930. The Labute approximate surface area is 239 Å². The van der Waals surface area contributed by atoms with Crippen molar-refractivity contribution < 1.29 is 66.1 Å². The molecular weight excluding hydrogens is 568 g/mol. The topological polar surface area (TPSA) is 184 Å². The standard InChI is InChI=1S/C26H36O14S/c1-12-9-18(23(31)34-7)26(10-13(12)2,25(32)35-8)41(33)24-22(39-17(6)30)21(38-16(5)29)20(37-15(4)28)19(40-24)11-36-14(3)27/h18-22,24H,9-11H2,1-8H3/t18-,19+,20+,21-,22+,24+,26+,41?/m0/s1. The van der Waals surface area contributed by atoms with Crippen LogP contribution >= 0.6 is 0 Å². The molecule has 41 heavy (non-hydrogen) atoms. The molecule has 1 aliphatic carbocycles. The first-order valence-corrected chi connectivity index (χ1v) is 13.8. The minimum atomic E-state index is -2.60. The number of rotatable bonds is 9. The molecule has 2 rings (SSSR count). The predicted octanol–water partition coefficient (Wildman–Crippen LogP) is 0.649. The lowest BCUT2D eigenvalue weighted by atomic mass is 9.75. The number of methoxy groups -OCH3 is 2. The number of carbonyl (C=O) groups is 6. The molecule has 0 bridgehead atoms. The molecule has 0 N–H and O–H groups in total. The van der Waals surface area contributed by atoms with Crippen LogP contribution in [0.3, 0.4) is 0 Å². The molecule has 1 heterocycles. The molecule has 1 fully saturated rings. The van der Waals surface area contributed by atoms with E-state index in [2.05, 4.69) is 0 Å². The maximum Gasteiger partial charge on any atom is 0.325 e. The summed E-state index contributed by atoms with van der Waals surface area (Å²) in [6, 6.07) is 0. The van der Waals surface area contributed by atoms with Crippen LogP contribution in [0, 0.1) is 5.92 Å². The molecule has 0 aromatic heterocycles. The second-order valence-corrected chi connectivity index (χ2v) is 11.6. The van der Waals surface area contributed by atoms with Gasteiger partial charge in [0.2, 0.25) is 0 Å². The van der Waals surface area contributed by atoms with Crippen molar-refractivity contribution in [1.29, 1.82) is 0 Å². The van der Waals surface area contributed by atoms with Gasteiger partial charge in [0.05, 0.1) is 30.9 Å². The first-order valence-electron chi connectivity index (χ1n) is 12.6. The van der Waals surface area contributed by atoms with Crippen LogP contribution < -0.4 is 0 Å². The molecule has 0 aromatic rings. The first-order chi connectivity index (χ1) is 19.1. The molecule has 14 nitrogen and oxygen atoms in total. The fourth-order valence-electron chi connectivity index (χ4n) is 4.98.